The van der Waals surface area contributed by atoms with Crippen molar-refractivity contribution < 1.29 is 4.42 Å². The second-order valence-corrected chi connectivity index (χ2v) is 10.6. The van der Waals surface area contributed by atoms with Crippen LogP contribution in [-0.4, -0.2) is 0 Å². The average Bonchev–Trinajstić information content (AvgIpc) is 3.45. The molecule has 198 valence electrons. The molecule has 0 N–H and O–H groups in total. The van der Waals surface area contributed by atoms with Gasteiger partial charge in [0.25, 0.3) is 0 Å². The number of benzene rings is 7. The molecule has 0 saturated carbocycles. The van der Waals surface area contributed by atoms with Crippen molar-refractivity contribution in [3.63, 3.8) is 0 Å². The molecule has 1 aromatic heterocycles. The highest BCUT2D eigenvalue weighted by Gasteiger charge is 2.16. The zero-order valence-electron chi connectivity index (χ0n) is 22.9. The molecule has 2 heteroatoms. The van der Waals surface area contributed by atoms with Gasteiger partial charge in [-0.15, -0.1) is 0 Å². The molecule has 0 atom stereocenters. The molecular formula is C40H27NO. The van der Waals surface area contributed by atoms with Crippen LogP contribution >= 0.6 is 0 Å². The molecule has 0 bridgehead atoms. The first-order valence-electron chi connectivity index (χ1n) is 14.3. The Kier molecular flexibility index (Phi) is 5.82. The Hall–Kier alpha value is -5.60. The molecule has 2 nitrogen and oxygen atoms in total. The first-order valence-corrected chi connectivity index (χ1v) is 14.3. The molecule has 0 amide bonds. The number of rotatable bonds is 5. The number of para-hydroxylation sites is 2. The summed E-state index contributed by atoms with van der Waals surface area (Å²) in [6.45, 7) is 0. The number of anilines is 3. The summed E-state index contributed by atoms with van der Waals surface area (Å²) in [5.74, 6) is 0. The van der Waals surface area contributed by atoms with E-state index in [9.17, 15) is 0 Å². The summed E-state index contributed by atoms with van der Waals surface area (Å²) in [6.07, 6.45) is 0. The van der Waals surface area contributed by atoms with E-state index in [1.54, 1.807) is 0 Å². The van der Waals surface area contributed by atoms with Gasteiger partial charge >= 0.3 is 0 Å². The Balaban J connectivity index is 1.25. The van der Waals surface area contributed by atoms with Crippen LogP contribution in [0.15, 0.2) is 168 Å². The van der Waals surface area contributed by atoms with E-state index in [1.807, 2.05) is 12.1 Å². The van der Waals surface area contributed by atoms with Crippen molar-refractivity contribution in [1.82, 2.24) is 0 Å². The fourth-order valence-corrected chi connectivity index (χ4v) is 5.96. The molecular weight excluding hydrogens is 510 g/mol. The monoisotopic (exact) mass is 537 g/mol. The molecule has 0 aliphatic rings. The third-order valence-electron chi connectivity index (χ3n) is 8.05. The molecule has 0 unspecified atom stereocenters. The largest absolute Gasteiger partial charge is 0.455 e. The van der Waals surface area contributed by atoms with Gasteiger partial charge in [0.2, 0.25) is 0 Å². The van der Waals surface area contributed by atoms with E-state index < -0.39 is 0 Å². The maximum Gasteiger partial charge on any atom is 0.143 e. The van der Waals surface area contributed by atoms with E-state index in [4.69, 9.17) is 4.42 Å². The average molecular weight is 538 g/mol. The van der Waals surface area contributed by atoms with E-state index in [-0.39, 0.29) is 0 Å². The Morgan fingerprint density at radius 2 is 0.952 bits per heavy atom. The molecule has 0 aliphatic heterocycles. The lowest BCUT2D eigenvalue weighted by Crippen LogP contribution is -2.09. The van der Waals surface area contributed by atoms with Crippen LogP contribution in [0.5, 0.6) is 0 Å². The van der Waals surface area contributed by atoms with Crippen LogP contribution in [0.2, 0.25) is 0 Å². The summed E-state index contributed by atoms with van der Waals surface area (Å²) in [7, 11) is 0. The summed E-state index contributed by atoms with van der Waals surface area (Å²) in [5.41, 5.74) is 9.93. The first-order chi connectivity index (χ1) is 20.8. The van der Waals surface area contributed by atoms with Gasteiger partial charge in [0.05, 0.1) is 0 Å². The Morgan fingerprint density at radius 1 is 0.357 bits per heavy atom. The van der Waals surface area contributed by atoms with Crippen molar-refractivity contribution in [2.75, 3.05) is 4.90 Å². The van der Waals surface area contributed by atoms with Crippen molar-refractivity contribution in [3.05, 3.63) is 164 Å². The predicted octanol–water partition coefficient (Wildman–Crippen LogP) is 11.5. The normalized spacial score (nSPS) is 11.3. The third kappa shape index (κ3) is 4.22. The summed E-state index contributed by atoms with van der Waals surface area (Å²) in [6, 6.07) is 58.0. The Morgan fingerprint density at radius 3 is 1.76 bits per heavy atom. The quantitative estimate of drug-likeness (QED) is 0.217. The van der Waals surface area contributed by atoms with Gasteiger partial charge < -0.3 is 9.32 Å². The van der Waals surface area contributed by atoms with Gasteiger partial charge in [0.15, 0.2) is 0 Å². The predicted molar refractivity (Wildman–Crippen MR) is 177 cm³/mol. The van der Waals surface area contributed by atoms with Gasteiger partial charge in [0, 0.05) is 33.2 Å². The van der Waals surface area contributed by atoms with Crippen molar-refractivity contribution in [2.45, 2.75) is 0 Å². The number of hydrogen-bond acceptors (Lipinski definition) is 2. The number of fused-ring (bicyclic) bond motifs is 5. The van der Waals surface area contributed by atoms with Gasteiger partial charge in [-0.3, -0.25) is 0 Å². The molecule has 0 spiro atoms. The van der Waals surface area contributed by atoms with Gasteiger partial charge in [-0.2, -0.15) is 0 Å². The van der Waals surface area contributed by atoms with Crippen molar-refractivity contribution in [2.24, 2.45) is 0 Å². The SMILES string of the molecule is c1ccc(-c2ccc(-c3cccc(N(c4ccccc4)c4ccc5ccc6c7ccccc7oc6c5c4)c3)cc2)cc1. The maximum atomic E-state index is 6.41. The van der Waals surface area contributed by atoms with Crippen molar-refractivity contribution in [3.8, 4) is 22.3 Å². The minimum Gasteiger partial charge on any atom is -0.455 e. The molecule has 0 fully saturated rings. The number of hydrogen-bond donors (Lipinski definition) is 0. The Labute approximate surface area is 244 Å². The molecule has 42 heavy (non-hydrogen) atoms. The molecule has 0 saturated heterocycles. The summed E-state index contributed by atoms with van der Waals surface area (Å²) >= 11 is 0. The molecule has 1 heterocycles. The highest BCUT2D eigenvalue weighted by molar-refractivity contribution is 6.15. The van der Waals surface area contributed by atoms with Crippen LogP contribution in [0.25, 0.3) is 55.0 Å². The minimum atomic E-state index is 0.913. The number of furan rings is 1. The lowest BCUT2D eigenvalue weighted by molar-refractivity contribution is 0.672. The zero-order valence-corrected chi connectivity index (χ0v) is 22.9. The first kappa shape index (κ1) is 24.2. The second kappa shape index (κ2) is 10.1. The topological polar surface area (TPSA) is 16.4 Å². The van der Waals surface area contributed by atoms with Gasteiger partial charge in [-0.05, 0) is 76.2 Å². The lowest BCUT2D eigenvalue weighted by atomic mass is 9.99. The molecule has 0 aliphatic carbocycles. The van der Waals surface area contributed by atoms with Crippen LogP contribution < -0.4 is 4.90 Å². The van der Waals surface area contributed by atoms with Crippen LogP contribution in [0.1, 0.15) is 0 Å². The molecule has 7 aromatic carbocycles. The highest BCUT2D eigenvalue weighted by Crippen LogP contribution is 2.40. The van der Waals surface area contributed by atoms with E-state index >= 15 is 0 Å². The van der Waals surface area contributed by atoms with Crippen molar-refractivity contribution >= 4 is 49.8 Å². The van der Waals surface area contributed by atoms with Gasteiger partial charge in [-0.25, -0.2) is 0 Å². The van der Waals surface area contributed by atoms with E-state index in [1.165, 1.54) is 22.3 Å². The van der Waals surface area contributed by atoms with Crippen LogP contribution in [0.3, 0.4) is 0 Å². The van der Waals surface area contributed by atoms with Crippen molar-refractivity contribution in [1.29, 1.82) is 0 Å². The number of nitrogens with zero attached hydrogens (tertiary/aromatic N) is 1. The summed E-state index contributed by atoms with van der Waals surface area (Å²) < 4.78 is 6.41. The standard InChI is InChI=1S/C40H27NO/c1-3-10-28(11-4-1)29-18-20-30(21-19-29)32-12-9-15-34(26-32)41(33-13-5-2-6-14-33)35-24-22-31-23-25-37-36-16-7-8-17-39(36)42-40(37)38(31)27-35/h1-27H. The smallest absolute Gasteiger partial charge is 0.143 e. The highest BCUT2D eigenvalue weighted by atomic mass is 16.3. The second-order valence-electron chi connectivity index (χ2n) is 10.6. The van der Waals surface area contributed by atoms with Gasteiger partial charge in [-0.1, -0.05) is 115 Å². The van der Waals surface area contributed by atoms with Crippen LogP contribution in [0.4, 0.5) is 17.1 Å². The van der Waals surface area contributed by atoms with Crippen LogP contribution in [-0.2, 0) is 0 Å². The van der Waals surface area contributed by atoms with Gasteiger partial charge in [0.1, 0.15) is 11.2 Å². The van der Waals surface area contributed by atoms with Crippen LogP contribution in [0, 0.1) is 0 Å². The Bertz CT molecular complexity index is 2180. The molecule has 8 aromatic rings. The molecule has 8 rings (SSSR count). The lowest BCUT2D eigenvalue weighted by Gasteiger charge is -2.26. The minimum absolute atomic E-state index is 0.913. The third-order valence-corrected chi connectivity index (χ3v) is 8.05. The van der Waals surface area contributed by atoms with E-state index in [0.29, 0.717) is 0 Å². The summed E-state index contributed by atoms with van der Waals surface area (Å²) in [5, 5.41) is 4.55. The fourth-order valence-electron chi connectivity index (χ4n) is 5.96. The maximum absolute atomic E-state index is 6.41. The fraction of sp³-hybridized carbons (Fsp3) is 0. The summed E-state index contributed by atoms with van der Waals surface area (Å²) in [4.78, 5) is 2.32. The molecule has 0 radical (unpaired) electrons. The van der Waals surface area contributed by atoms with E-state index in [0.717, 1.165) is 49.8 Å². The van der Waals surface area contributed by atoms with E-state index in [2.05, 4.69) is 157 Å². The zero-order chi connectivity index (χ0) is 27.9.